The minimum Gasteiger partial charge on any atom is -0.494 e. The Labute approximate surface area is 185 Å². The molecule has 2 heterocycles. The summed E-state index contributed by atoms with van der Waals surface area (Å²) in [4.78, 5) is 16.8. The summed E-state index contributed by atoms with van der Waals surface area (Å²) in [6.07, 6.45) is 1.52. The zero-order valence-corrected chi connectivity index (χ0v) is 17.8. The number of carboxylic acid groups (broad SMARTS) is 1. The number of carbonyl (C=O) groups is 1. The molecule has 3 aromatic rings. The van der Waals surface area contributed by atoms with Crippen LogP contribution in [0.1, 0.15) is 23.6 Å². The maximum atomic E-state index is 13.2. The van der Waals surface area contributed by atoms with Gasteiger partial charge in [-0.2, -0.15) is 4.39 Å². The molecule has 4 rings (SSSR count). The van der Waals surface area contributed by atoms with Crippen molar-refractivity contribution >= 4 is 12.5 Å². The minimum absolute atomic E-state index is 0.158. The first-order chi connectivity index (χ1) is 15.4. The van der Waals surface area contributed by atoms with Crippen LogP contribution in [-0.4, -0.2) is 35.8 Å². The quantitative estimate of drug-likeness (QED) is 0.463. The lowest BCUT2D eigenvalue weighted by molar-refractivity contribution is -0.122. The van der Waals surface area contributed by atoms with Crippen LogP contribution in [-0.2, 0) is 15.1 Å². The molecular weight excluding hydrogens is 413 g/mol. The highest BCUT2D eigenvalue weighted by Gasteiger charge is 2.40. The molecule has 1 unspecified atom stereocenters. The standard InChI is InChI=1S/C23H22FN3O2.CH2O2/c1-3-28-20-9-8-19(11-15(20)2)23(14-29-22(25)27-23)18-6-4-5-16(12-18)17-7-10-21(24)26-13-17;2-1-3/h4-13H,3,14H2,1-2H3,(H2,25,27);1H,(H,2,3). The van der Waals surface area contributed by atoms with E-state index in [1.165, 1.54) is 12.3 Å². The maximum Gasteiger partial charge on any atom is 0.290 e. The number of nitrogens with zero attached hydrogens (tertiary/aromatic N) is 2. The van der Waals surface area contributed by atoms with E-state index in [9.17, 15) is 4.39 Å². The first kappa shape index (κ1) is 22.7. The monoisotopic (exact) mass is 437 g/mol. The molecule has 166 valence electrons. The number of pyridine rings is 1. The number of hydrogen-bond acceptors (Lipinski definition) is 6. The van der Waals surface area contributed by atoms with E-state index in [0.717, 1.165) is 33.6 Å². The molecule has 1 aliphatic rings. The highest BCUT2D eigenvalue weighted by Crippen LogP contribution is 2.40. The Hall–Kier alpha value is -3.94. The number of aromatic nitrogens is 1. The third kappa shape index (κ3) is 4.69. The van der Waals surface area contributed by atoms with Crippen LogP contribution < -0.4 is 10.5 Å². The van der Waals surface area contributed by atoms with Crippen LogP contribution >= 0.6 is 0 Å². The molecule has 3 N–H and O–H groups in total. The van der Waals surface area contributed by atoms with Gasteiger partial charge >= 0.3 is 0 Å². The number of amidine groups is 1. The van der Waals surface area contributed by atoms with Crippen LogP contribution in [0.25, 0.3) is 11.1 Å². The van der Waals surface area contributed by atoms with Crippen molar-refractivity contribution in [2.24, 2.45) is 10.7 Å². The largest absolute Gasteiger partial charge is 0.494 e. The van der Waals surface area contributed by atoms with Gasteiger partial charge in [-0.3, -0.25) is 4.79 Å². The van der Waals surface area contributed by atoms with Gasteiger partial charge in [0, 0.05) is 11.8 Å². The molecule has 8 heteroatoms. The van der Waals surface area contributed by atoms with Gasteiger partial charge in [-0.15, -0.1) is 0 Å². The van der Waals surface area contributed by atoms with Gasteiger partial charge < -0.3 is 20.3 Å². The Morgan fingerprint density at radius 2 is 1.94 bits per heavy atom. The number of nitrogens with two attached hydrogens (primary N) is 1. The number of aliphatic imine (C=N–C) groups is 1. The summed E-state index contributed by atoms with van der Waals surface area (Å²) in [6, 6.07) is 17.1. The van der Waals surface area contributed by atoms with E-state index in [4.69, 9.17) is 25.1 Å². The zero-order valence-electron chi connectivity index (χ0n) is 17.8. The van der Waals surface area contributed by atoms with Crippen LogP contribution in [0.2, 0.25) is 0 Å². The summed E-state index contributed by atoms with van der Waals surface area (Å²) in [6.45, 7) is 4.62. The Kier molecular flexibility index (Phi) is 7.04. The molecule has 0 saturated carbocycles. The van der Waals surface area contributed by atoms with E-state index in [-0.39, 0.29) is 12.5 Å². The summed E-state index contributed by atoms with van der Waals surface area (Å²) in [7, 11) is 0. The van der Waals surface area contributed by atoms with E-state index >= 15 is 0 Å². The van der Waals surface area contributed by atoms with Gasteiger partial charge in [-0.1, -0.05) is 24.3 Å². The SMILES string of the molecule is CCOc1ccc(C2(c3cccc(-c4ccc(F)nc4)c3)COC(N)=N2)cc1C.O=CO. The van der Waals surface area contributed by atoms with E-state index in [2.05, 4.69) is 16.0 Å². The lowest BCUT2D eigenvalue weighted by Crippen LogP contribution is -2.27. The molecular formula is C24H24FN3O4. The van der Waals surface area contributed by atoms with Crippen LogP contribution in [0.15, 0.2) is 65.8 Å². The van der Waals surface area contributed by atoms with Crippen molar-refractivity contribution in [3.8, 4) is 16.9 Å². The third-order valence-electron chi connectivity index (χ3n) is 5.08. The summed E-state index contributed by atoms with van der Waals surface area (Å²) < 4.78 is 24.5. The number of rotatable bonds is 5. The Morgan fingerprint density at radius 1 is 1.19 bits per heavy atom. The average molecular weight is 437 g/mol. The van der Waals surface area contributed by atoms with E-state index in [1.807, 2.05) is 50.2 Å². The van der Waals surface area contributed by atoms with Crippen molar-refractivity contribution in [3.05, 3.63) is 83.4 Å². The number of hydrogen-bond donors (Lipinski definition) is 2. The average Bonchev–Trinajstić information content (AvgIpc) is 3.19. The van der Waals surface area contributed by atoms with E-state index in [1.54, 1.807) is 6.07 Å². The van der Waals surface area contributed by atoms with Crippen LogP contribution in [0.4, 0.5) is 4.39 Å². The van der Waals surface area contributed by atoms with Crippen LogP contribution in [0.5, 0.6) is 5.75 Å². The minimum atomic E-state index is -0.761. The molecule has 0 aliphatic carbocycles. The fourth-order valence-corrected chi connectivity index (χ4v) is 3.62. The van der Waals surface area contributed by atoms with Gasteiger partial charge in [0.25, 0.3) is 12.5 Å². The molecule has 2 aromatic carbocycles. The fraction of sp³-hybridized carbons (Fsp3) is 0.208. The van der Waals surface area contributed by atoms with Crippen molar-refractivity contribution < 1.29 is 23.8 Å². The van der Waals surface area contributed by atoms with E-state index in [0.29, 0.717) is 13.2 Å². The highest BCUT2D eigenvalue weighted by molar-refractivity contribution is 5.76. The molecule has 0 bridgehead atoms. The summed E-state index contributed by atoms with van der Waals surface area (Å²) in [5.41, 5.74) is 9.81. The van der Waals surface area contributed by atoms with Crippen LogP contribution in [0, 0.1) is 12.9 Å². The van der Waals surface area contributed by atoms with E-state index < -0.39 is 11.5 Å². The van der Waals surface area contributed by atoms with Crippen molar-refractivity contribution in [2.45, 2.75) is 19.4 Å². The maximum absolute atomic E-state index is 13.2. The second kappa shape index (κ2) is 9.91. The molecule has 0 fully saturated rings. The molecule has 32 heavy (non-hydrogen) atoms. The Morgan fingerprint density at radius 3 is 2.53 bits per heavy atom. The van der Waals surface area contributed by atoms with Gasteiger partial charge in [0.15, 0.2) is 5.54 Å². The predicted octanol–water partition coefficient (Wildman–Crippen LogP) is 3.88. The normalized spacial score (nSPS) is 16.9. The predicted molar refractivity (Wildman–Crippen MR) is 119 cm³/mol. The van der Waals surface area contributed by atoms with Crippen LogP contribution in [0.3, 0.4) is 0 Å². The molecule has 0 radical (unpaired) electrons. The van der Waals surface area contributed by atoms with Crippen molar-refractivity contribution in [3.63, 3.8) is 0 Å². The van der Waals surface area contributed by atoms with Crippen molar-refractivity contribution in [1.29, 1.82) is 0 Å². The third-order valence-corrected chi connectivity index (χ3v) is 5.08. The topological polar surface area (TPSA) is 107 Å². The number of halogens is 1. The lowest BCUT2D eigenvalue weighted by atomic mass is 9.82. The fourth-order valence-electron chi connectivity index (χ4n) is 3.62. The molecule has 7 nitrogen and oxygen atoms in total. The number of ether oxygens (including phenoxy) is 2. The summed E-state index contributed by atoms with van der Waals surface area (Å²) in [5.74, 6) is 0.334. The zero-order chi connectivity index (χ0) is 23.1. The Balaban J connectivity index is 0.000000913. The first-order valence-electron chi connectivity index (χ1n) is 9.96. The molecule has 1 aliphatic heterocycles. The molecule has 0 amide bonds. The second-order valence-corrected chi connectivity index (χ2v) is 7.07. The second-order valence-electron chi connectivity index (χ2n) is 7.07. The molecule has 1 atom stereocenters. The van der Waals surface area contributed by atoms with Gasteiger partial charge in [0.1, 0.15) is 12.4 Å². The van der Waals surface area contributed by atoms with Gasteiger partial charge in [0.05, 0.1) is 6.61 Å². The van der Waals surface area contributed by atoms with Crippen molar-refractivity contribution in [1.82, 2.24) is 4.98 Å². The summed E-state index contributed by atoms with van der Waals surface area (Å²) in [5, 5.41) is 6.89. The Bertz CT molecular complexity index is 1120. The first-order valence-corrected chi connectivity index (χ1v) is 9.96. The smallest absolute Gasteiger partial charge is 0.290 e. The number of benzene rings is 2. The highest BCUT2D eigenvalue weighted by atomic mass is 19.1. The lowest BCUT2D eigenvalue weighted by Gasteiger charge is -2.26. The van der Waals surface area contributed by atoms with Crippen molar-refractivity contribution in [2.75, 3.05) is 13.2 Å². The van der Waals surface area contributed by atoms with Gasteiger partial charge in [-0.25, -0.2) is 9.98 Å². The molecule has 0 saturated heterocycles. The molecule has 0 spiro atoms. The van der Waals surface area contributed by atoms with Gasteiger partial charge in [0.2, 0.25) is 5.95 Å². The van der Waals surface area contributed by atoms with Gasteiger partial charge in [-0.05, 0) is 66.4 Å². The number of aryl methyl sites for hydroxylation is 1. The molecule has 1 aromatic heterocycles. The summed E-state index contributed by atoms with van der Waals surface area (Å²) >= 11 is 0.